The van der Waals surface area contributed by atoms with Gasteiger partial charge < -0.3 is 24.4 Å². The molecule has 3 atom stereocenters. The molecule has 1 saturated heterocycles. The summed E-state index contributed by atoms with van der Waals surface area (Å²) in [6.45, 7) is 5.81. The molecule has 4 rings (SSSR count). The number of rotatable bonds is 6. The van der Waals surface area contributed by atoms with Gasteiger partial charge in [0, 0.05) is 44.8 Å². The number of fused-ring (bicyclic) bond motifs is 1. The van der Waals surface area contributed by atoms with E-state index in [2.05, 4.69) is 11.1 Å². The number of ether oxygens (including phenoxy) is 2. The molecule has 186 valence electrons. The lowest BCUT2D eigenvalue weighted by Crippen LogP contribution is -2.51. The number of carbonyl (C=O) groups excluding carboxylic acids is 2. The minimum absolute atomic E-state index is 0.0252. The SMILES string of the molecule is C[C@H]1CN([C@@H](C)CO)C(=O)c2cc(C3=CCCC3)cnc2O[C@H]1CN(C)C(=O)C1CCOCC1. The molecule has 3 aliphatic rings. The summed E-state index contributed by atoms with van der Waals surface area (Å²) < 4.78 is 11.7. The average molecular weight is 472 g/mol. The summed E-state index contributed by atoms with van der Waals surface area (Å²) in [7, 11) is 1.82. The molecule has 0 aromatic carbocycles. The quantitative estimate of drug-likeness (QED) is 0.686. The van der Waals surface area contributed by atoms with E-state index in [1.165, 1.54) is 5.57 Å². The lowest BCUT2D eigenvalue weighted by atomic mass is 9.96. The highest BCUT2D eigenvalue weighted by atomic mass is 16.5. The van der Waals surface area contributed by atoms with Gasteiger partial charge in [-0.05, 0) is 56.2 Å². The average Bonchev–Trinajstić information content (AvgIpc) is 3.40. The summed E-state index contributed by atoms with van der Waals surface area (Å²) in [4.78, 5) is 34.6. The fraction of sp³-hybridized carbons (Fsp3) is 0.654. The van der Waals surface area contributed by atoms with Crippen LogP contribution in [0.1, 0.15) is 61.9 Å². The molecule has 1 N–H and O–H groups in total. The molecule has 0 radical (unpaired) electrons. The van der Waals surface area contributed by atoms with Gasteiger partial charge in [0.15, 0.2) is 0 Å². The molecule has 0 saturated carbocycles. The van der Waals surface area contributed by atoms with E-state index < -0.39 is 0 Å². The number of amides is 2. The van der Waals surface area contributed by atoms with Gasteiger partial charge >= 0.3 is 0 Å². The molecule has 2 amide bonds. The van der Waals surface area contributed by atoms with Crippen LogP contribution in [0, 0.1) is 11.8 Å². The van der Waals surface area contributed by atoms with E-state index in [0.717, 1.165) is 37.7 Å². The van der Waals surface area contributed by atoms with Crippen molar-refractivity contribution in [3.63, 3.8) is 0 Å². The van der Waals surface area contributed by atoms with E-state index in [1.54, 1.807) is 16.0 Å². The number of aromatic nitrogens is 1. The molecular weight excluding hydrogens is 434 g/mol. The lowest BCUT2D eigenvalue weighted by molar-refractivity contribution is -0.138. The maximum absolute atomic E-state index is 13.5. The van der Waals surface area contributed by atoms with Gasteiger partial charge in [0.05, 0.1) is 19.2 Å². The van der Waals surface area contributed by atoms with Crippen molar-refractivity contribution in [3.8, 4) is 5.88 Å². The molecule has 0 spiro atoms. The standard InChI is InChI=1S/C26H37N3O5/c1-17-14-29(18(2)16-30)26(32)22-12-21(19-6-4-5-7-19)13-27-24(22)34-23(17)15-28(3)25(31)20-8-10-33-11-9-20/h6,12-13,17-18,20,23,30H,4-5,7-11,14-16H2,1-3H3/t17-,18-,23-/m0/s1. The Bertz CT molecular complexity index is 927. The van der Waals surface area contributed by atoms with Crippen molar-refractivity contribution in [2.75, 3.05) is 40.0 Å². The van der Waals surface area contributed by atoms with Crippen molar-refractivity contribution in [1.29, 1.82) is 0 Å². The fourth-order valence-electron chi connectivity index (χ4n) is 5.04. The molecule has 34 heavy (non-hydrogen) atoms. The van der Waals surface area contributed by atoms with Gasteiger partial charge in [0.25, 0.3) is 5.91 Å². The third kappa shape index (κ3) is 5.28. The first-order valence-corrected chi connectivity index (χ1v) is 12.5. The minimum Gasteiger partial charge on any atom is -0.472 e. The number of hydrogen-bond acceptors (Lipinski definition) is 6. The normalized spacial score (nSPS) is 24.5. The zero-order valence-corrected chi connectivity index (χ0v) is 20.5. The van der Waals surface area contributed by atoms with Gasteiger partial charge in [-0.1, -0.05) is 13.0 Å². The van der Waals surface area contributed by atoms with Crippen molar-refractivity contribution in [2.45, 2.75) is 58.1 Å². The number of allylic oxidation sites excluding steroid dienone is 2. The fourth-order valence-corrected chi connectivity index (χ4v) is 5.04. The highest BCUT2D eigenvalue weighted by Gasteiger charge is 2.35. The second kappa shape index (κ2) is 10.9. The minimum atomic E-state index is -0.336. The molecule has 1 aromatic rings. The largest absolute Gasteiger partial charge is 0.472 e. The number of hydrogen-bond donors (Lipinski definition) is 1. The predicted molar refractivity (Wildman–Crippen MR) is 128 cm³/mol. The maximum Gasteiger partial charge on any atom is 0.259 e. The first-order valence-electron chi connectivity index (χ1n) is 12.5. The Hall–Kier alpha value is -2.45. The van der Waals surface area contributed by atoms with Crippen LogP contribution < -0.4 is 4.74 Å². The van der Waals surface area contributed by atoms with Crippen LogP contribution >= 0.6 is 0 Å². The third-order valence-corrected chi connectivity index (χ3v) is 7.33. The van der Waals surface area contributed by atoms with Gasteiger partial charge in [-0.3, -0.25) is 9.59 Å². The van der Waals surface area contributed by atoms with Crippen LogP contribution in [0.3, 0.4) is 0 Å². The van der Waals surface area contributed by atoms with Gasteiger partial charge in [-0.15, -0.1) is 0 Å². The second-order valence-corrected chi connectivity index (χ2v) is 9.93. The molecule has 8 nitrogen and oxygen atoms in total. The van der Waals surface area contributed by atoms with Crippen LogP contribution in [0.15, 0.2) is 18.3 Å². The lowest BCUT2D eigenvalue weighted by Gasteiger charge is -2.38. The zero-order chi connectivity index (χ0) is 24.2. The number of carbonyl (C=O) groups is 2. The Morgan fingerprint density at radius 3 is 2.79 bits per heavy atom. The van der Waals surface area contributed by atoms with Crippen molar-refractivity contribution in [1.82, 2.24) is 14.8 Å². The molecule has 0 bridgehead atoms. The van der Waals surface area contributed by atoms with E-state index in [1.807, 2.05) is 27.0 Å². The number of aliphatic hydroxyl groups excluding tert-OH is 1. The molecule has 8 heteroatoms. The van der Waals surface area contributed by atoms with Gasteiger partial charge in [-0.25, -0.2) is 4.98 Å². The van der Waals surface area contributed by atoms with Crippen LogP contribution in [0.4, 0.5) is 0 Å². The Morgan fingerprint density at radius 2 is 2.12 bits per heavy atom. The summed E-state index contributed by atoms with van der Waals surface area (Å²) in [5.41, 5.74) is 2.57. The summed E-state index contributed by atoms with van der Waals surface area (Å²) >= 11 is 0. The third-order valence-electron chi connectivity index (χ3n) is 7.33. The number of likely N-dealkylation sites (N-methyl/N-ethyl adjacent to an activating group) is 1. The molecule has 2 aliphatic heterocycles. The number of pyridine rings is 1. The van der Waals surface area contributed by atoms with E-state index >= 15 is 0 Å². The monoisotopic (exact) mass is 471 g/mol. The van der Waals surface area contributed by atoms with Crippen LogP contribution in [0.25, 0.3) is 5.57 Å². The van der Waals surface area contributed by atoms with E-state index in [-0.39, 0.29) is 42.4 Å². The highest BCUT2D eigenvalue weighted by molar-refractivity contribution is 5.97. The summed E-state index contributed by atoms with van der Waals surface area (Å²) in [5, 5.41) is 9.84. The predicted octanol–water partition coefficient (Wildman–Crippen LogP) is 2.75. The van der Waals surface area contributed by atoms with Crippen molar-refractivity contribution in [2.24, 2.45) is 11.8 Å². The van der Waals surface area contributed by atoms with Crippen molar-refractivity contribution < 1.29 is 24.2 Å². The second-order valence-electron chi connectivity index (χ2n) is 9.93. The molecule has 1 aromatic heterocycles. The van der Waals surface area contributed by atoms with E-state index in [4.69, 9.17) is 9.47 Å². The molecule has 0 unspecified atom stereocenters. The molecule has 1 fully saturated rings. The van der Waals surface area contributed by atoms with Crippen LogP contribution in [0.5, 0.6) is 5.88 Å². The maximum atomic E-state index is 13.5. The van der Waals surface area contributed by atoms with Gasteiger partial charge in [-0.2, -0.15) is 0 Å². The Labute approximate surface area is 201 Å². The van der Waals surface area contributed by atoms with Crippen molar-refractivity contribution >= 4 is 17.4 Å². The molecular formula is C26H37N3O5. The number of aliphatic hydroxyl groups is 1. The Balaban J connectivity index is 1.61. The summed E-state index contributed by atoms with van der Waals surface area (Å²) in [6, 6.07) is 1.54. The summed E-state index contributed by atoms with van der Waals surface area (Å²) in [5.74, 6) is 0.139. The molecule has 3 heterocycles. The topological polar surface area (TPSA) is 92.2 Å². The first-order chi connectivity index (χ1) is 16.4. The molecule has 1 aliphatic carbocycles. The Morgan fingerprint density at radius 1 is 1.35 bits per heavy atom. The highest BCUT2D eigenvalue weighted by Crippen LogP contribution is 2.32. The Kier molecular flexibility index (Phi) is 7.88. The van der Waals surface area contributed by atoms with Crippen LogP contribution in [-0.2, 0) is 9.53 Å². The smallest absolute Gasteiger partial charge is 0.259 e. The zero-order valence-electron chi connectivity index (χ0n) is 20.5. The van der Waals surface area contributed by atoms with E-state index in [0.29, 0.717) is 37.7 Å². The van der Waals surface area contributed by atoms with Crippen LogP contribution in [0.2, 0.25) is 0 Å². The van der Waals surface area contributed by atoms with Gasteiger partial charge in [0.1, 0.15) is 11.7 Å². The first kappa shape index (κ1) is 24.7. The van der Waals surface area contributed by atoms with Crippen LogP contribution in [-0.4, -0.2) is 83.8 Å². The van der Waals surface area contributed by atoms with Crippen molar-refractivity contribution in [3.05, 3.63) is 29.5 Å². The number of nitrogens with zero attached hydrogens (tertiary/aromatic N) is 3. The van der Waals surface area contributed by atoms with Gasteiger partial charge in [0.2, 0.25) is 11.8 Å². The summed E-state index contributed by atoms with van der Waals surface area (Å²) in [6.07, 6.45) is 8.25. The van der Waals surface area contributed by atoms with E-state index in [9.17, 15) is 14.7 Å².